The minimum absolute atomic E-state index is 0.00691. The number of phenolic OH excluding ortho intramolecular Hbond substituents is 1. The smallest absolute Gasteiger partial charge is 0.301 e. The van der Waals surface area contributed by atoms with Crippen LogP contribution >= 0.6 is 27.3 Å². The maximum atomic E-state index is 13.6. The van der Waals surface area contributed by atoms with Gasteiger partial charge in [0.05, 0.1) is 33.4 Å². The van der Waals surface area contributed by atoms with Crippen molar-refractivity contribution in [1.82, 2.24) is 4.98 Å². The summed E-state index contributed by atoms with van der Waals surface area (Å²) in [5, 5.41) is 22.3. The van der Waals surface area contributed by atoms with Crippen molar-refractivity contribution in [2.24, 2.45) is 0 Å². The molecule has 3 aromatic carbocycles. The number of ketones is 1. The van der Waals surface area contributed by atoms with Crippen LogP contribution in [0.15, 0.2) is 58.6 Å². The summed E-state index contributed by atoms with van der Waals surface area (Å²) in [6.45, 7) is 3.92. The van der Waals surface area contributed by atoms with Crippen molar-refractivity contribution < 1.29 is 29.3 Å². The zero-order valence-electron chi connectivity index (χ0n) is 21.2. The largest absolute Gasteiger partial charge is 0.507 e. The van der Waals surface area contributed by atoms with Crippen molar-refractivity contribution in [2.45, 2.75) is 32.4 Å². The van der Waals surface area contributed by atoms with E-state index in [2.05, 4.69) is 20.9 Å². The minimum atomic E-state index is -1.03. The zero-order valence-corrected chi connectivity index (χ0v) is 23.6. The molecule has 1 aromatic heterocycles. The van der Waals surface area contributed by atoms with Crippen LogP contribution in [0.25, 0.3) is 16.0 Å². The predicted molar refractivity (Wildman–Crippen MR) is 152 cm³/mol. The molecule has 0 radical (unpaired) electrons. The Hall–Kier alpha value is -3.89. The highest BCUT2D eigenvalue weighted by Gasteiger charge is 2.48. The molecule has 1 amide bonds. The van der Waals surface area contributed by atoms with Gasteiger partial charge in [-0.2, -0.15) is 0 Å². The van der Waals surface area contributed by atoms with Crippen LogP contribution in [-0.2, 0) is 16.0 Å². The molecule has 0 saturated carbocycles. The van der Waals surface area contributed by atoms with E-state index in [0.717, 1.165) is 21.6 Å². The monoisotopic (exact) mass is 606 g/mol. The lowest BCUT2D eigenvalue weighted by Gasteiger charge is -2.24. The normalized spacial score (nSPS) is 19.9. The van der Waals surface area contributed by atoms with Gasteiger partial charge in [-0.05, 0) is 88.9 Å². The number of aliphatic hydroxyl groups excluding tert-OH is 1. The molecule has 1 fully saturated rings. The number of Topliss-reactive ketones (excluding diaryl/α,β-unsaturated/α-hetero) is 1. The van der Waals surface area contributed by atoms with Crippen LogP contribution in [-0.4, -0.2) is 40.1 Å². The first-order valence-electron chi connectivity index (χ1n) is 12.2. The highest BCUT2D eigenvalue weighted by atomic mass is 79.9. The number of thiazole rings is 1. The lowest BCUT2D eigenvalue weighted by atomic mass is 9.94. The number of methoxy groups -OCH3 is 1. The summed E-state index contributed by atoms with van der Waals surface area (Å²) in [5.74, 6) is -1.19. The highest BCUT2D eigenvalue weighted by molar-refractivity contribution is 9.10. The zero-order chi connectivity index (χ0) is 27.6. The Morgan fingerprint density at radius 3 is 2.74 bits per heavy atom. The van der Waals surface area contributed by atoms with Crippen LogP contribution in [0.5, 0.6) is 17.2 Å². The number of phenols is 1. The molecule has 6 rings (SSSR count). The van der Waals surface area contributed by atoms with Crippen LogP contribution in [0.3, 0.4) is 0 Å². The molecule has 198 valence electrons. The van der Waals surface area contributed by atoms with E-state index in [0.29, 0.717) is 32.7 Å². The average Bonchev–Trinajstić information content (AvgIpc) is 3.57. The van der Waals surface area contributed by atoms with Crippen molar-refractivity contribution in [2.75, 3.05) is 12.0 Å². The number of hydrogen-bond acceptors (Lipinski definition) is 8. The number of hydrogen-bond donors (Lipinski definition) is 2. The molecule has 8 nitrogen and oxygen atoms in total. The fourth-order valence-electron chi connectivity index (χ4n) is 5.10. The molecule has 2 atom stereocenters. The molecule has 2 aliphatic rings. The third-order valence-corrected chi connectivity index (χ3v) is 8.56. The summed E-state index contributed by atoms with van der Waals surface area (Å²) in [4.78, 5) is 33.2. The van der Waals surface area contributed by atoms with E-state index < -0.39 is 17.7 Å². The Morgan fingerprint density at radius 1 is 1.18 bits per heavy atom. The first kappa shape index (κ1) is 25.4. The topological polar surface area (TPSA) is 109 Å². The molecule has 10 heteroatoms. The van der Waals surface area contributed by atoms with Gasteiger partial charge in [0.15, 0.2) is 16.6 Å². The molecular weight excluding hydrogens is 584 g/mol. The molecule has 1 saturated heterocycles. The van der Waals surface area contributed by atoms with E-state index in [1.165, 1.54) is 23.3 Å². The van der Waals surface area contributed by atoms with Crippen LogP contribution in [0.1, 0.15) is 35.2 Å². The fourth-order valence-corrected chi connectivity index (χ4v) is 6.65. The maximum absolute atomic E-state index is 13.6. The summed E-state index contributed by atoms with van der Waals surface area (Å²) >= 11 is 4.63. The summed E-state index contributed by atoms with van der Waals surface area (Å²) in [6.07, 6.45) is 0.675. The SMILES string of the molecule is COc1cc([C@@H]2C(=C(O)c3ccc4c(c3)C[C@H](C)O4)C(=O)C(=O)N2c2nc3ccc(C)cc3s2)cc(Br)c1O. The standard InChI is InChI=1S/C29H23BrN2O6S/c1-13-4-6-19-22(8-13)39-29(31-19)32-24(17-11-18(30)26(34)21(12-17)37-3)23(27(35)28(32)36)25(33)15-5-7-20-16(10-15)9-14(2)38-20/h4-8,10-12,14,24,33-34H,9H2,1-3H3/t14-,24+/m0/s1. The van der Waals surface area contributed by atoms with Crippen LogP contribution in [0.2, 0.25) is 0 Å². The fraction of sp³-hybridized carbons (Fsp3) is 0.207. The van der Waals surface area contributed by atoms with Gasteiger partial charge in [0.2, 0.25) is 0 Å². The van der Waals surface area contributed by atoms with Crippen LogP contribution in [0.4, 0.5) is 5.13 Å². The van der Waals surface area contributed by atoms with Gasteiger partial charge in [-0.15, -0.1) is 0 Å². The first-order chi connectivity index (χ1) is 18.7. The molecule has 3 heterocycles. The number of aromatic hydroxyl groups is 1. The number of benzene rings is 3. The number of carbonyl (C=O) groups excluding carboxylic acids is 2. The Morgan fingerprint density at radius 2 is 1.97 bits per heavy atom. The van der Waals surface area contributed by atoms with Crippen molar-refractivity contribution in [1.29, 1.82) is 0 Å². The van der Waals surface area contributed by atoms with Gasteiger partial charge in [-0.3, -0.25) is 14.5 Å². The molecular formula is C29H23BrN2O6S. The van der Waals surface area contributed by atoms with Crippen molar-refractivity contribution in [3.8, 4) is 17.2 Å². The van der Waals surface area contributed by atoms with Crippen LogP contribution in [0, 0.1) is 6.92 Å². The number of halogens is 1. The van der Waals surface area contributed by atoms with Gasteiger partial charge in [0, 0.05) is 12.0 Å². The van der Waals surface area contributed by atoms with E-state index in [1.807, 2.05) is 32.0 Å². The second-order valence-corrected chi connectivity index (χ2v) is 11.5. The molecule has 0 spiro atoms. The molecule has 2 aliphatic heterocycles. The summed E-state index contributed by atoms with van der Waals surface area (Å²) in [5.41, 5.74) is 3.41. The van der Waals surface area contributed by atoms with Gasteiger partial charge in [0.25, 0.3) is 5.78 Å². The Labute approximate surface area is 236 Å². The third-order valence-electron chi connectivity index (χ3n) is 6.94. The number of nitrogens with zero attached hydrogens (tertiary/aromatic N) is 2. The second kappa shape index (κ2) is 9.39. The third kappa shape index (κ3) is 4.15. The molecule has 0 unspecified atom stereocenters. The molecule has 4 aromatic rings. The van der Waals surface area contributed by atoms with E-state index in [9.17, 15) is 19.8 Å². The van der Waals surface area contributed by atoms with Gasteiger partial charge in [-0.1, -0.05) is 17.4 Å². The number of aliphatic hydroxyl groups is 1. The van der Waals surface area contributed by atoms with Gasteiger partial charge < -0.3 is 19.7 Å². The first-order valence-corrected chi connectivity index (χ1v) is 13.8. The maximum Gasteiger partial charge on any atom is 0.301 e. The molecule has 39 heavy (non-hydrogen) atoms. The Kier molecular flexibility index (Phi) is 6.11. The number of aromatic nitrogens is 1. The lowest BCUT2D eigenvalue weighted by molar-refractivity contribution is -0.132. The number of fused-ring (bicyclic) bond motifs is 2. The molecule has 0 aliphatic carbocycles. The lowest BCUT2D eigenvalue weighted by Crippen LogP contribution is -2.29. The van der Waals surface area contributed by atoms with Crippen molar-refractivity contribution in [3.05, 3.63) is 80.8 Å². The summed E-state index contributed by atoms with van der Waals surface area (Å²) in [7, 11) is 1.41. The van der Waals surface area contributed by atoms with Gasteiger partial charge >= 0.3 is 5.91 Å². The Bertz CT molecular complexity index is 1730. The van der Waals surface area contributed by atoms with Gasteiger partial charge in [0.1, 0.15) is 17.6 Å². The summed E-state index contributed by atoms with van der Waals surface area (Å²) in [6, 6.07) is 13.1. The second-order valence-electron chi connectivity index (χ2n) is 9.65. The number of rotatable bonds is 4. The van der Waals surface area contributed by atoms with E-state index in [1.54, 1.807) is 30.3 Å². The number of amides is 1. The number of ether oxygens (including phenoxy) is 2. The van der Waals surface area contributed by atoms with Crippen LogP contribution < -0.4 is 14.4 Å². The number of carbonyl (C=O) groups is 2. The quantitative estimate of drug-likeness (QED) is 0.166. The van der Waals surface area contributed by atoms with E-state index >= 15 is 0 Å². The Balaban J connectivity index is 1.57. The predicted octanol–water partition coefficient (Wildman–Crippen LogP) is 6.03. The van der Waals surface area contributed by atoms with E-state index in [-0.39, 0.29) is 28.9 Å². The summed E-state index contributed by atoms with van der Waals surface area (Å²) < 4.78 is 12.3. The van der Waals surface area contributed by atoms with Crippen molar-refractivity contribution in [3.63, 3.8) is 0 Å². The highest BCUT2D eigenvalue weighted by Crippen LogP contribution is 2.47. The number of aryl methyl sites for hydroxylation is 1. The number of anilines is 1. The minimum Gasteiger partial charge on any atom is -0.507 e. The molecule has 2 N–H and O–H groups in total. The molecule has 0 bridgehead atoms. The van der Waals surface area contributed by atoms with Gasteiger partial charge in [-0.25, -0.2) is 4.98 Å². The van der Waals surface area contributed by atoms with Crippen molar-refractivity contribution >= 4 is 60.1 Å². The van der Waals surface area contributed by atoms with E-state index in [4.69, 9.17) is 9.47 Å². The average molecular weight is 607 g/mol.